The number of para-hydroxylation sites is 3. The molecule has 328 valence electrons. The van der Waals surface area contributed by atoms with Crippen molar-refractivity contribution in [2.75, 3.05) is 0 Å². The van der Waals surface area contributed by atoms with Gasteiger partial charge in [-0.25, -0.2) is 0 Å². The van der Waals surface area contributed by atoms with Crippen LogP contribution < -0.4 is 41.5 Å². The molecule has 0 N–H and O–H groups in total. The molecule has 0 saturated heterocycles. The molecular formula is C66H46N2Si2. The molecule has 0 bridgehead atoms. The Labute approximate surface area is 409 Å². The van der Waals surface area contributed by atoms with Crippen molar-refractivity contribution in [2.45, 2.75) is 0 Å². The zero-order valence-electron chi connectivity index (χ0n) is 38.5. The Bertz CT molecular complexity index is 4030. The molecular weight excluding hydrogens is 877 g/mol. The average Bonchev–Trinajstić information content (AvgIpc) is 3.96. The molecule has 0 spiro atoms. The van der Waals surface area contributed by atoms with Gasteiger partial charge >= 0.3 is 0 Å². The van der Waals surface area contributed by atoms with Crippen LogP contribution in [-0.2, 0) is 0 Å². The lowest BCUT2D eigenvalue weighted by atomic mass is 10.0. The van der Waals surface area contributed by atoms with Gasteiger partial charge in [0.25, 0.3) is 0 Å². The number of rotatable bonds is 7. The van der Waals surface area contributed by atoms with Crippen LogP contribution in [0.4, 0.5) is 0 Å². The van der Waals surface area contributed by atoms with Gasteiger partial charge in [0.1, 0.15) is 0 Å². The van der Waals surface area contributed by atoms with Crippen molar-refractivity contribution in [2.24, 2.45) is 0 Å². The van der Waals surface area contributed by atoms with Gasteiger partial charge in [0.05, 0.1) is 33.4 Å². The van der Waals surface area contributed by atoms with Crippen LogP contribution in [0.1, 0.15) is 0 Å². The quantitative estimate of drug-likeness (QED) is 0.141. The lowest BCUT2D eigenvalue weighted by molar-refractivity contribution is 1.17. The molecule has 13 aromatic rings. The molecule has 11 aromatic carbocycles. The number of nitrogens with zero attached hydrogens (tertiary/aromatic N) is 2. The predicted octanol–water partition coefficient (Wildman–Crippen LogP) is 10.6. The predicted molar refractivity (Wildman–Crippen MR) is 301 cm³/mol. The Morgan fingerprint density at radius 2 is 0.643 bits per heavy atom. The summed E-state index contributed by atoms with van der Waals surface area (Å²) < 4.78 is 5.07. The smallest absolute Gasteiger partial charge is 0.179 e. The van der Waals surface area contributed by atoms with Crippen LogP contribution in [-0.4, -0.2) is 25.3 Å². The largest absolute Gasteiger partial charge is 0.309 e. The second kappa shape index (κ2) is 16.0. The van der Waals surface area contributed by atoms with Gasteiger partial charge in [-0.15, -0.1) is 0 Å². The maximum Gasteiger partial charge on any atom is 0.179 e. The molecule has 2 aromatic heterocycles. The third kappa shape index (κ3) is 5.66. The second-order valence-electron chi connectivity index (χ2n) is 18.7. The number of hydrogen-bond acceptors (Lipinski definition) is 0. The van der Waals surface area contributed by atoms with Crippen LogP contribution in [0.15, 0.2) is 279 Å². The Morgan fingerprint density at radius 3 is 1.23 bits per heavy atom. The van der Waals surface area contributed by atoms with E-state index < -0.39 is 16.1 Å². The fourth-order valence-corrected chi connectivity index (χ4v) is 24.7. The van der Waals surface area contributed by atoms with Crippen molar-refractivity contribution in [1.82, 2.24) is 9.13 Å². The lowest BCUT2D eigenvalue weighted by Gasteiger charge is -2.48. The molecule has 0 radical (unpaired) electrons. The summed E-state index contributed by atoms with van der Waals surface area (Å²) in [5, 5.41) is 16.5. The van der Waals surface area contributed by atoms with Gasteiger partial charge in [-0.05, 0) is 83.5 Å². The van der Waals surface area contributed by atoms with E-state index >= 15 is 0 Å². The zero-order chi connectivity index (χ0) is 46.2. The first-order valence-electron chi connectivity index (χ1n) is 24.4. The summed E-state index contributed by atoms with van der Waals surface area (Å²) in [5.74, 6) is 0. The van der Waals surface area contributed by atoms with Gasteiger partial charge in [-0.1, -0.05) is 243 Å². The highest BCUT2D eigenvalue weighted by Crippen LogP contribution is 2.41. The molecule has 2 nitrogen and oxygen atoms in total. The van der Waals surface area contributed by atoms with E-state index in [-0.39, 0.29) is 0 Å². The molecule has 0 fully saturated rings. The third-order valence-electron chi connectivity index (χ3n) is 15.3. The highest BCUT2D eigenvalue weighted by atomic mass is 28.3. The minimum atomic E-state index is -3.08. The number of fused-ring (bicyclic) bond motifs is 8. The first-order chi connectivity index (χ1) is 34.8. The molecule has 1 aliphatic heterocycles. The molecule has 3 heterocycles. The van der Waals surface area contributed by atoms with Crippen molar-refractivity contribution < 1.29 is 0 Å². The molecule has 0 saturated carbocycles. The summed E-state index contributed by atoms with van der Waals surface area (Å²) in [5.41, 5.74) is 9.51. The summed E-state index contributed by atoms with van der Waals surface area (Å²) in [6.45, 7) is 0. The first-order valence-corrected chi connectivity index (χ1v) is 28.4. The maximum absolute atomic E-state index is 3.08. The maximum atomic E-state index is 2.60. The van der Waals surface area contributed by atoms with E-state index in [2.05, 4.69) is 288 Å². The van der Waals surface area contributed by atoms with E-state index in [1.165, 1.54) is 102 Å². The average molecular weight is 923 g/mol. The fourth-order valence-electron chi connectivity index (χ4n) is 12.6. The Kier molecular flexibility index (Phi) is 9.28. The summed E-state index contributed by atoms with van der Waals surface area (Å²) >= 11 is 0. The summed E-state index contributed by atoms with van der Waals surface area (Å²) in [6, 6.07) is 106. The van der Waals surface area contributed by atoms with E-state index in [1.807, 2.05) is 0 Å². The summed E-state index contributed by atoms with van der Waals surface area (Å²) in [7, 11) is -5.94. The zero-order valence-corrected chi connectivity index (χ0v) is 40.5. The molecule has 0 amide bonds. The van der Waals surface area contributed by atoms with Crippen molar-refractivity contribution >= 4 is 101 Å². The number of hydrogen-bond donors (Lipinski definition) is 0. The van der Waals surface area contributed by atoms with Crippen molar-refractivity contribution in [3.63, 3.8) is 0 Å². The molecule has 0 atom stereocenters. The molecule has 0 unspecified atom stereocenters. The van der Waals surface area contributed by atoms with E-state index in [4.69, 9.17) is 0 Å². The van der Waals surface area contributed by atoms with Crippen LogP contribution in [0.2, 0.25) is 0 Å². The SMILES string of the molecule is c1ccc(-c2ccccc2-n2c3ccccc3c3c(-n4c5ccccc5c5ccc([Si]6(c7ccccc7)c7ccccc7[Si](c7ccccc7)(c7ccccc7)c7ccccc76)cc54)cccc32)cc1. The topological polar surface area (TPSA) is 9.86 Å². The van der Waals surface area contributed by atoms with Crippen LogP contribution in [0.25, 0.3) is 66.1 Å². The molecule has 70 heavy (non-hydrogen) atoms. The summed E-state index contributed by atoms with van der Waals surface area (Å²) in [4.78, 5) is 0. The highest BCUT2D eigenvalue weighted by molar-refractivity contribution is 7.33. The molecule has 1 aliphatic rings. The summed E-state index contributed by atoms with van der Waals surface area (Å²) in [6.07, 6.45) is 0. The van der Waals surface area contributed by atoms with Crippen molar-refractivity contribution in [1.29, 1.82) is 0 Å². The van der Waals surface area contributed by atoms with Gasteiger partial charge in [0.2, 0.25) is 0 Å². The van der Waals surface area contributed by atoms with Crippen molar-refractivity contribution in [3.8, 4) is 22.5 Å². The Hall–Kier alpha value is -8.55. The fraction of sp³-hybridized carbons (Fsp3) is 0. The standard InChI is InChI=1S/C66H46N2Si2/c1-5-24-47(25-6-1)52-32-13-16-35-56(52)67-58-37-18-15-34-55(58)66-59(67)38-23-39-60(66)68-57-36-17-14-33-53(57)54-45-44-51(46-61(54)68)70(50-30-11-4-12-31-50)64-42-21-19-40-62(64)69(48-26-7-2-8-27-48,49-28-9-3-10-29-49)63-41-20-22-43-65(63)70/h1-46H. The highest BCUT2D eigenvalue weighted by Gasteiger charge is 2.56. The van der Waals surface area contributed by atoms with Crippen LogP contribution in [0, 0.1) is 0 Å². The lowest BCUT2D eigenvalue weighted by Crippen LogP contribution is -2.93. The first kappa shape index (κ1) is 40.5. The van der Waals surface area contributed by atoms with Gasteiger partial charge in [0.15, 0.2) is 16.1 Å². The van der Waals surface area contributed by atoms with E-state index in [0.717, 1.165) is 5.69 Å². The normalized spacial score (nSPS) is 13.7. The van der Waals surface area contributed by atoms with Gasteiger partial charge in [-0.3, -0.25) is 0 Å². The number of benzene rings is 11. The third-order valence-corrected chi connectivity index (χ3v) is 25.6. The minimum absolute atomic E-state index is 1.16. The second-order valence-corrected chi connectivity index (χ2v) is 26.1. The minimum Gasteiger partial charge on any atom is -0.309 e. The van der Waals surface area contributed by atoms with Gasteiger partial charge in [-0.2, -0.15) is 0 Å². The van der Waals surface area contributed by atoms with Crippen molar-refractivity contribution in [3.05, 3.63) is 279 Å². The molecule has 4 heteroatoms. The van der Waals surface area contributed by atoms with Gasteiger partial charge < -0.3 is 9.13 Å². The van der Waals surface area contributed by atoms with E-state index in [9.17, 15) is 0 Å². The van der Waals surface area contributed by atoms with E-state index in [0.29, 0.717) is 0 Å². The monoisotopic (exact) mass is 922 g/mol. The number of aromatic nitrogens is 2. The molecule has 14 rings (SSSR count). The van der Waals surface area contributed by atoms with Crippen LogP contribution in [0.3, 0.4) is 0 Å². The van der Waals surface area contributed by atoms with Crippen LogP contribution in [0.5, 0.6) is 0 Å². The Morgan fingerprint density at radius 1 is 0.243 bits per heavy atom. The van der Waals surface area contributed by atoms with Gasteiger partial charge in [0, 0.05) is 27.1 Å². The van der Waals surface area contributed by atoms with Crippen LogP contribution >= 0.6 is 0 Å². The van der Waals surface area contributed by atoms with E-state index in [1.54, 1.807) is 0 Å². The molecule has 0 aliphatic carbocycles. The Balaban J connectivity index is 1.10.